The fraction of sp³-hybridized carbons (Fsp3) is 0. The molecule has 0 bridgehead atoms. The number of hydrogen-bond acceptors (Lipinski definition) is 2. The lowest BCUT2D eigenvalue weighted by Crippen LogP contribution is -1.91. The zero-order valence-corrected chi connectivity index (χ0v) is 28.6. The topological polar surface area (TPSA) is 0 Å². The Balaban J connectivity index is 1.12. The van der Waals surface area contributed by atoms with Crippen LogP contribution in [0.3, 0.4) is 0 Å². The molecule has 0 N–H and O–H groups in total. The van der Waals surface area contributed by atoms with E-state index < -0.39 is 0 Å². The maximum absolute atomic E-state index is 2.43. The molecule has 232 valence electrons. The number of hydrogen-bond donors (Lipinski definition) is 0. The summed E-state index contributed by atoms with van der Waals surface area (Å²) in [5.41, 5.74) is 7.76. The Labute approximate surface area is 297 Å². The van der Waals surface area contributed by atoms with Gasteiger partial charge in [-0.25, -0.2) is 0 Å². The van der Waals surface area contributed by atoms with Crippen molar-refractivity contribution >= 4 is 96.0 Å². The molecule has 0 amide bonds. The Hall–Kier alpha value is -5.80. The third kappa shape index (κ3) is 4.16. The minimum Gasteiger partial charge on any atom is -0.143 e. The van der Waals surface area contributed by atoms with Crippen LogP contribution >= 0.6 is 22.7 Å². The van der Waals surface area contributed by atoms with Crippen LogP contribution in [0, 0.1) is 0 Å². The van der Waals surface area contributed by atoms with Crippen LogP contribution in [-0.2, 0) is 0 Å². The monoisotopic (exact) mass is 668 g/mol. The molecule has 2 heteroatoms. The predicted octanol–water partition coefficient (Wildman–Crippen LogP) is 14.9. The molecule has 0 aliphatic heterocycles. The highest BCUT2D eigenvalue weighted by molar-refractivity contribution is 7.26. The molecule has 0 spiro atoms. The Morgan fingerprint density at radius 3 is 1.68 bits per heavy atom. The van der Waals surface area contributed by atoms with Gasteiger partial charge >= 0.3 is 0 Å². The summed E-state index contributed by atoms with van der Waals surface area (Å²) in [4.78, 5) is 0. The quantitative estimate of drug-likeness (QED) is 0.164. The normalized spacial score (nSPS) is 12.0. The van der Waals surface area contributed by atoms with E-state index in [-0.39, 0.29) is 0 Å². The van der Waals surface area contributed by atoms with Crippen molar-refractivity contribution in [3.63, 3.8) is 0 Å². The van der Waals surface area contributed by atoms with Gasteiger partial charge in [-0.05, 0) is 101 Å². The lowest BCUT2D eigenvalue weighted by atomic mass is 9.84. The van der Waals surface area contributed by atoms with E-state index in [1.807, 2.05) is 22.7 Å². The van der Waals surface area contributed by atoms with Crippen LogP contribution in [0.2, 0.25) is 0 Å². The van der Waals surface area contributed by atoms with Gasteiger partial charge in [0.05, 0.1) is 0 Å². The first-order valence-electron chi connectivity index (χ1n) is 17.1. The Kier molecular flexibility index (Phi) is 6.09. The van der Waals surface area contributed by atoms with Crippen LogP contribution in [0.25, 0.3) is 107 Å². The molecule has 0 aliphatic carbocycles. The number of fused-ring (bicyclic) bond motifs is 8. The molecule has 0 saturated carbocycles. The molecule has 11 aromatic rings. The first kappa shape index (κ1) is 28.1. The second kappa shape index (κ2) is 10.9. The average molecular weight is 669 g/mol. The van der Waals surface area contributed by atoms with Crippen molar-refractivity contribution in [3.8, 4) is 33.4 Å². The van der Waals surface area contributed by atoms with Gasteiger partial charge in [0, 0.05) is 35.8 Å². The smallest absolute Gasteiger partial charge is 0.0362 e. The van der Waals surface area contributed by atoms with Gasteiger partial charge in [0.15, 0.2) is 0 Å². The van der Waals surface area contributed by atoms with E-state index in [0.717, 1.165) is 0 Å². The molecule has 0 radical (unpaired) electrons. The van der Waals surface area contributed by atoms with E-state index in [0.29, 0.717) is 0 Å². The van der Waals surface area contributed by atoms with Gasteiger partial charge in [-0.15, -0.1) is 22.7 Å². The van der Waals surface area contributed by atoms with E-state index >= 15 is 0 Å². The molecule has 50 heavy (non-hydrogen) atoms. The van der Waals surface area contributed by atoms with Crippen molar-refractivity contribution in [2.45, 2.75) is 0 Å². The molecular formula is C48H28S2. The van der Waals surface area contributed by atoms with Gasteiger partial charge in [-0.2, -0.15) is 0 Å². The van der Waals surface area contributed by atoms with Crippen LogP contribution in [0.5, 0.6) is 0 Å². The van der Waals surface area contributed by atoms with Gasteiger partial charge in [0.1, 0.15) is 0 Å². The first-order valence-corrected chi connectivity index (χ1v) is 18.8. The highest BCUT2D eigenvalue weighted by atomic mass is 32.1. The minimum absolute atomic E-state index is 1.26. The first-order chi connectivity index (χ1) is 24.8. The summed E-state index contributed by atoms with van der Waals surface area (Å²) in [6.45, 7) is 0. The van der Waals surface area contributed by atoms with Crippen LogP contribution in [0.4, 0.5) is 0 Å². The van der Waals surface area contributed by atoms with Crippen molar-refractivity contribution in [2.24, 2.45) is 0 Å². The van der Waals surface area contributed by atoms with Crippen molar-refractivity contribution in [2.75, 3.05) is 0 Å². The van der Waals surface area contributed by atoms with E-state index in [2.05, 4.69) is 169 Å². The minimum atomic E-state index is 1.26. The Bertz CT molecular complexity index is 3090. The molecule has 2 heterocycles. The van der Waals surface area contributed by atoms with Crippen LogP contribution in [0.1, 0.15) is 0 Å². The SMILES string of the molecule is c1ccc2cc(-c3csc4cc5c(cc34)sc3cc(-c4c6ccccc6c(-c6cccc7ccccc67)c6ccccc46)ccc35)ccc2c1. The van der Waals surface area contributed by atoms with E-state index in [1.54, 1.807) is 0 Å². The molecule has 11 rings (SSSR count). The summed E-state index contributed by atoms with van der Waals surface area (Å²) in [6, 6.07) is 60.9. The van der Waals surface area contributed by atoms with Gasteiger partial charge < -0.3 is 0 Å². The fourth-order valence-corrected chi connectivity index (χ4v) is 10.4. The molecule has 0 aliphatic rings. The lowest BCUT2D eigenvalue weighted by Gasteiger charge is -2.18. The molecule has 0 atom stereocenters. The van der Waals surface area contributed by atoms with E-state index in [4.69, 9.17) is 0 Å². The molecule has 0 fully saturated rings. The van der Waals surface area contributed by atoms with Crippen molar-refractivity contribution < 1.29 is 0 Å². The molecule has 9 aromatic carbocycles. The molecule has 0 saturated heterocycles. The Morgan fingerprint density at radius 1 is 0.300 bits per heavy atom. The summed E-state index contributed by atoms with van der Waals surface area (Å²) in [6.07, 6.45) is 0. The second-order valence-corrected chi connectivity index (χ2v) is 15.2. The zero-order valence-electron chi connectivity index (χ0n) is 27.0. The molecule has 0 nitrogen and oxygen atoms in total. The van der Waals surface area contributed by atoms with Crippen molar-refractivity contribution in [1.29, 1.82) is 0 Å². The van der Waals surface area contributed by atoms with Crippen LogP contribution in [-0.4, -0.2) is 0 Å². The maximum atomic E-state index is 2.43. The predicted molar refractivity (Wildman–Crippen MR) is 221 cm³/mol. The van der Waals surface area contributed by atoms with Gasteiger partial charge in [-0.1, -0.05) is 140 Å². The third-order valence-corrected chi connectivity index (χ3v) is 12.6. The third-order valence-electron chi connectivity index (χ3n) is 10.5. The maximum Gasteiger partial charge on any atom is 0.0362 e. The number of benzene rings is 9. The van der Waals surface area contributed by atoms with Gasteiger partial charge in [-0.3, -0.25) is 0 Å². The number of thiophene rings is 2. The zero-order chi connectivity index (χ0) is 32.8. The summed E-state index contributed by atoms with van der Waals surface area (Å²) in [7, 11) is 0. The second-order valence-electron chi connectivity index (χ2n) is 13.2. The summed E-state index contributed by atoms with van der Waals surface area (Å²) in [5, 5.41) is 16.6. The lowest BCUT2D eigenvalue weighted by molar-refractivity contribution is 1.69. The molecular weight excluding hydrogens is 641 g/mol. The number of rotatable bonds is 3. The molecule has 2 aromatic heterocycles. The highest BCUT2D eigenvalue weighted by Gasteiger charge is 2.19. The van der Waals surface area contributed by atoms with Gasteiger partial charge in [0.2, 0.25) is 0 Å². The Morgan fingerprint density at radius 2 is 0.900 bits per heavy atom. The van der Waals surface area contributed by atoms with Crippen molar-refractivity contribution in [3.05, 3.63) is 169 Å². The van der Waals surface area contributed by atoms with Gasteiger partial charge in [0.25, 0.3) is 0 Å². The van der Waals surface area contributed by atoms with Crippen LogP contribution < -0.4 is 0 Å². The van der Waals surface area contributed by atoms with E-state index in [1.165, 1.54) is 107 Å². The standard InChI is InChI=1S/C48H28S2/c1-2-12-31-24-32(21-20-29(31)10-1)43-28-49-44-26-41-35-23-22-33(25-45(35)50-46(41)27-42(43)44)47-37-15-5-7-17-39(37)48(40-18-8-6-16-38(40)47)36-19-9-13-30-11-3-4-14-34(30)36/h1-28H. The summed E-state index contributed by atoms with van der Waals surface area (Å²) in [5.74, 6) is 0. The average Bonchev–Trinajstić information content (AvgIpc) is 3.75. The molecule has 0 unspecified atom stereocenters. The van der Waals surface area contributed by atoms with E-state index in [9.17, 15) is 0 Å². The van der Waals surface area contributed by atoms with Crippen LogP contribution in [0.15, 0.2) is 169 Å². The summed E-state index contributed by atoms with van der Waals surface area (Å²) >= 11 is 3.76. The largest absolute Gasteiger partial charge is 0.143 e. The summed E-state index contributed by atoms with van der Waals surface area (Å²) < 4.78 is 4.00. The highest BCUT2D eigenvalue weighted by Crippen LogP contribution is 2.47. The fourth-order valence-electron chi connectivity index (χ4n) is 8.21. The van der Waals surface area contributed by atoms with Crippen molar-refractivity contribution in [1.82, 2.24) is 0 Å².